The predicted octanol–water partition coefficient (Wildman–Crippen LogP) is 0.457. The number of rotatable bonds is 3. The second kappa shape index (κ2) is 6.84. The van der Waals surface area contributed by atoms with Crippen LogP contribution in [-0.4, -0.2) is 81.0 Å². The van der Waals surface area contributed by atoms with Gasteiger partial charge in [-0.2, -0.15) is 0 Å². The molecule has 2 aliphatic heterocycles. The summed E-state index contributed by atoms with van der Waals surface area (Å²) in [6.07, 6.45) is 3.77. The van der Waals surface area contributed by atoms with Gasteiger partial charge in [0.1, 0.15) is 0 Å². The van der Waals surface area contributed by atoms with Gasteiger partial charge in [-0.3, -0.25) is 4.79 Å². The number of carbonyl (C=O) groups excluding carboxylic acids is 1. The van der Waals surface area contributed by atoms with Gasteiger partial charge in [-0.25, -0.2) is 12.7 Å². The van der Waals surface area contributed by atoms with E-state index in [2.05, 4.69) is 18.9 Å². The highest BCUT2D eigenvalue weighted by Gasteiger charge is 2.36. The van der Waals surface area contributed by atoms with Gasteiger partial charge < -0.3 is 9.80 Å². The van der Waals surface area contributed by atoms with Gasteiger partial charge in [0.25, 0.3) is 0 Å². The quantitative estimate of drug-likeness (QED) is 0.754. The molecular formula is C15H29N3O3S. The average molecular weight is 331 g/mol. The van der Waals surface area contributed by atoms with Crippen LogP contribution in [0.3, 0.4) is 0 Å². The second-order valence-corrected chi connectivity index (χ2v) is 8.99. The SMILES string of the molecule is C[C@@H]1CN(C)CC[C@@H]1N(C)C(=O)[C@H]1CCCN(S(C)(=O)=O)C1. The van der Waals surface area contributed by atoms with Gasteiger partial charge in [0, 0.05) is 32.7 Å². The van der Waals surface area contributed by atoms with E-state index < -0.39 is 10.0 Å². The van der Waals surface area contributed by atoms with Crippen molar-refractivity contribution in [3.05, 3.63) is 0 Å². The summed E-state index contributed by atoms with van der Waals surface area (Å²) in [4.78, 5) is 17.0. The van der Waals surface area contributed by atoms with E-state index in [4.69, 9.17) is 0 Å². The molecule has 1 amide bonds. The van der Waals surface area contributed by atoms with E-state index in [1.165, 1.54) is 10.6 Å². The van der Waals surface area contributed by atoms with Crippen molar-refractivity contribution >= 4 is 15.9 Å². The Kier molecular flexibility index (Phi) is 5.50. The number of piperidine rings is 2. The van der Waals surface area contributed by atoms with Crippen molar-refractivity contribution in [2.75, 3.05) is 46.5 Å². The van der Waals surface area contributed by atoms with Crippen LogP contribution in [0.2, 0.25) is 0 Å². The van der Waals surface area contributed by atoms with E-state index in [9.17, 15) is 13.2 Å². The highest BCUT2D eigenvalue weighted by atomic mass is 32.2. The van der Waals surface area contributed by atoms with E-state index in [1.807, 2.05) is 11.9 Å². The minimum absolute atomic E-state index is 0.106. The van der Waals surface area contributed by atoms with Gasteiger partial charge in [-0.15, -0.1) is 0 Å². The van der Waals surface area contributed by atoms with Crippen LogP contribution in [0.4, 0.5) is 0 Å². The second-order valence-electron chi connectivity index (χ2n) is 7.00. The fourth-order valence-electron chi connectivity index (χ4n) is 3.81. The first kappa shape index (κ1) is 17.7. The number of amides is 1. The standard InChI is InChI=1S/C15H29N3O3S/c1-12-10-16(2)9-7-14(12)17(3)15(19)13-6-5-8-18(11-13)22(4,20)21/h12-14H,5-11H2,1-4H3/t12-,13+,14+/m1/s1. The minimum atomic E-state index is -3.21. The monoisotopic (exact) mass is 331 g/mol. The fourth-order valence-corrected chi connectivity index (χ4v) is 4.73. The number of hydrogen-bond acceptors (Lipinski definition) is 4. The Balaban J connectivity index is 2.01. The van der Waals surface area contributed by atoms with Gasteiger partial charge >= 0.3 is 0 Å². The zero-order valence-electron chi connectivity index (χ0n) is 14.2. The van der Waals surface area contributed by atoms with Crippen molar-refractivity contribution in [1.29, 1.82) is 0 Å². The molecule has 0 aliphatic carbocycles. The topological polar surface area (TPSA) is 60.9 Å². The first-order valence-corrected chi connectivity index (χ1v) is 9.95. The molecule has 2 aliphatic rings. The average Bonchev–Trinajstić information content (AvgIpc) is 2.45. The molecule has 0 bridgehead atoms. The van der Waals surface area contributed by atoms with Crippen LogP contribution in [0.5, 0.6) is 0 Å². The number of nitrogens with zero attached hydrogens (tertiary/aromatic N) is 3. The Morgan fingerprint density at radius 3 is 2.45 bits per heavy atom. The molecule has 0 saturated carbocycles. The van der Waals surface area contributed by atoms with E-state index >= 15 is 0 Å². The van der Waals surface area contributed by atoms with Crippen LogP contribution in [0.25, 0.3) is 0 Å². The molecule has 2 fully saturated rings. The van der Waals surface area contributed by atoms with E-state index in [-0.39, 0.29) is 17.9 Å². The third-order valence-corrected chi connectivity index (χ3v) is 6.38. The molecule has 3 atom stereocenters. The highest BCUT2D eigenvalue weighted by molar-refractivity contribution is 7.88. The molecule has 6 nitrogen and oxygen atoms in total. The summed E-state index contributed by atoms with van der Waals surface area (Å²) in [6.45, 7) is 5.07. The van der Waals surface area contributed by atoms with Crippen molar-refractivity contribution < 1.29 is 13.2 Å². The van der Waals surface area contributed by atoms with E-state index in [0.29, 0.717) is 19.0 Å². The maximum atomic E-state index is 12.8. The number of hydrogen-bond donors (Lipinski definition) is 0. The summed E-state index contributed by atoms with van der Waals surface area (Å²) >= 11 is 0. The molecule has 2 heterocycles. The van der Waals surface area contributed by atoms with Gasteiger partial charge in [-0.05, 0) is 38.8 Å². The summed E-state index contributed by atoms with van der Waals surface area (Å²) in [6, 6.07) is 0.261. The first-order chi connectivity index (χ1) is 10.2. The van der Waals surface area contributed by atoms with Crippen LogP contribution in [-0.2, 0) is 14.8 Å². The summed E-state index contributed by atoms with van der Waals surface area (Å²) in [7, 11) is 0.789. The van der Waals surface area contributed by atoms with Crippen molar-refractivity contribution in [2.24, 2.45) is 11.8 Å². The third-order valence-electron chi connectivity index (χ3n) is 5.11. The lowest BCUT2D eigenvalue weighted by Gasteiger charge is -2.42. The molecule has 0 aromatic heterocycles. The van der Waals surface area contributed by atoms with Crippen molar-refractivity contribution in [2.45, 2.75) is 32.2 Å². The number of sulfonamides is 1. The smallest absolute Gasteiger partial charge is 0.227 e. The Morgan fingerprint density at radius 2 is 1.86 bits per heavy atom. The third kappa shape index (κ3) is 4.00. The van der Waals surface area contributed by atoms with Crippen LogP contribution in [0, 0.1) is 11.8 Å². The molecule has 0 unspecified atom stereocenters. The van der Waals surface area contributed by atoms with Crippen molar-refractivity contribution in [3.8, 4) is 0 Å². The highest BCUT2D eigenvalue weighted by Crippen LogP contribution is 2.25. The molecule has 0 aromatic carbocycles. The van der Waals surface area contributed by atoms with Gasteiger partial charge in [-0.1, -0.05) is 6.92 Å². The summed E-state index contributed by atoms with van der Waals surface area (Å²) in [5.41, 5.74) is 0. The Bertz CT molecular complexity index is 508. The molecule has 128 valence electrons. The normalized spacial score (nSPS) is 31.9. The van der Waals surface area contributed by atoms with Crippen molar-refractivity contribution in [3.63, 3.8) is 0 Å². The Labute approximate surface area is 134 Å². The first-order valence-electron chi connectivity index (χ1n) is 8.10. The maximum absolute atomic E-state index is 12.8. The molecule has 2 saturated heterocycles. The van der Waals surface area contributed by atoms with E-state index in [0.717, 1.165) is 32.4 Å². The zero-order valence-corrected chi connectivity index (χ0v) is 15.0. The minimum Gasteiger partial charge on any atom is -0.342 e. The Morgan fingerprint density at radius 1 is 1.18 bits per heavy atom. The summed E-state index contributed by atoms with van der Waals surface area (Å²) in [5, 5.41) is 0. The molecule has 0 spiro atoms. The number of likely N-dealkylation sites (tertiary alicyclic amines) is 1. The molecule has 22 heavy (non-hydrogen) atoms. The molecule has 0 aromatic rings. The largest absolute Gasteiger partial charge is 0.342 e. The molecule has 2 rings (SSSR count). The lowest BCUT2D eigenvalue weighted by molar-refractivity contribution is -0.139. The van der Waals surface area contributed by atoms with E-state index in [1.54, 1.807) is 0 Å². The van der Waals surface area contributed by atoms with Crippen LogP contribution in [0.1, 0.15) is 26.2 Å². The molecule has 7 heteroatoms. The lowest BCUT2D eigenvalue weighted by atomic mass is 9.91. The van der Waals surface area contributed by atoms with Crippen LogP contribution >= 0.6 is 0 Å². The lowest BCUT2D eigenvalue weighted by Crippen LogP contribution is -2.53. The maximum Gasteiger partial charge on any atom is 0.227 e. The zero-order chi connectivity index (χ0) is 16.5. The van der Waals surface area contributed by atoms with Crippen LogP contribution < -0.4 is 0 Å². The Hall–Kier alpha value is -0.660. The molecular weight excluding hydrogens is 302 g/mol. The summed E-state index contributed by atoms with van der Waals surface area (Å²) < 4.78 is 24.9. The van der Waals surface area contributed by atoms with Gasteiger partial charge in [0.15, 0.2) is 0 Å². The molecule has 0 N–H and O–H groups in total. The molecule has 0 radical (unpaired) electrons. The number of carbonyl (C=O) groups is 1. The summed E-state index contributed by atoms with van der Waals surface area (Å²) in [5.74, 6) is 0.359. The van der Waals surface area contributed by atoms with Gasteiger partial charge in [0.2, 0.25) is 15.9 Å². The van der Waals surface area contributed by atoms with Gasteiger partial charge in [0.05, 0.1) is 12.2 Å². The van der Waals surface area contributed by atoms with Crippen LogP contribution in [0.15, 0.2) is 0 Å². The fraction of sp³-hybridized carbons (Fsp3) is 0.933. The van der Waals surface area contributed by atoms with Crippen molar-refractivity contribution in [1.82, 2.24) is 14.1 Å². The predicted molar refractivity (Wildman–Crippen MR) is 87.0 cm³/mol.